The molecule has 2 saturated heterocycles. The summed E-state index contributed by atoms with van der Waals surface area (Å²) in [6.45, 7) is 0.290. The molecule has 9 heteroatoms. The molecule has 2 fully saturated rings. The van der Waals surface area contributed by atoms with Gasteiger partial charge in [-0.3, -0.25) is 0 Å². The number of halogens is 2. The molecule has 0 spiro atoms. The van der Waals surface area contributed by atoms with Crippen molar-refractivity contribution >= 4 is 38.3 Å². The van der Waals surface area contributed by atoms with Crippen LogP contribution in [0, 0.1) is 0 Å². The van der Waals surface area contributed by atoms with Crippen molar-refractivity contribution in [2.75, 3.05) is 25.6 Å². The molecule has 2 aromatic carbocycles. The molecule has 30 heavy (non-hydrogen) atoms. The molecule has 3 aromatic rings. The Morgan fingerprint density at radius 1 is 1.10 bits per heavy atom. The summed E-state index contributed by atoms with van der Waals surface area (Å²) in [5.74, 6) is 1.66. The van der Waals surface area contributed by atoms with Gasteiger partial charge in [-0.05, 0) is 24.3 Å². The maximum absolute atomic E-state index is 13.8. The number of rotatable bonds is 5. The van der Waals surface area contributed by atoms with Gasteiger partial charge >= 0.3 is 0 Å². The van der Waals surface area contributed by atoms with Crippen molar-refractivity contribution in [2.45, 2.75) is 24.5 Å². The zero-order chi connectivity index (χ0) is 20.7. The molecule has 4 atom stereocenters. The van der Waals surface area contributed by atoms with Gasteiger partial charge in [0.05, 0.1) is 25.8 Å². The molecule has 0 radical (unpaired) electrons. The Hall–Kier alpha value is -2.49. The third-order valence-corrected chi connectivity index (χ3v) is 5.73. The van der Waals surface area contributed by atoms with Crippen LogP contribution in [0.15, 0.2) is 47.2 Å². The van der Waals surface area contributed by atoms with Crippen molar-refractivity contribution in [3.8, 4) is 11.5 Å². The molecule has 1 unspecified atom stereocenters. The zero-order valence-corrected chi connectivity index (χ0v) is 17.6. The fraction of sp³-hybridized carbons (Fsp3) is 0.333. The molecule has 156 valence electrons. The van der Waals surface area contributed by atoms with Crippen molar-refractivity contribution in [1.82, 2.24) is 9.97 Å². The van der Waals surface area contributed by atoms with Crippen LogP contribution in [0.3, 0.4) is 0 Å². The average Bonchev–Trinajstić information content (AvgIpc) is 3.31. The highest BCUT2D eigenvalue weighted by Gasteiger charge is 2.49. The summed E-state index contributed by atoms with van der Waals surface area (Å²) in [7, 11) is 1.57. The molecule has 1 aromatic heterocycles. The molecule has 0 saturated carbocycles. The van der Waals surface area contributed by atoms with Crippen LogP contribution in [-0.4, -0.2) is 54.8 Å². The van der Waals surface area contributed by atoms with Crippen molar-refractivity contribution in [1.29, 1.82) is 0 Å². The van der Waals surface area contributed by atoms with E-state index in [4.69, 9.17) is 18.9 Å². The quantitative estimate of drug-likeness (QED) is 0.596. The summed E-state index contributed by atoms with van der Waals surface area (Å²) >= 11 is 3.47. The predicted molar refractivity (Wildman–Crippen MR) is 112 cm³/mol. The molecule has 5 rings (SSSR count). The fourth-order valence-corrected chi connectivity index (χ4v) is 4.20. The van der Waals surface area contributed by atoms with Crippen LogP contribution in [0.4, 0.5) is 15.9 Å². The van der Waals surface area contributed by atoms with Crippen LogP contribution in [0.5, 0.6) is 11.5 Å². The zero-order valence-electron chi connectivity index (χ0n) is 16.0. The van der Waals surface area contributed by atoms with Gasteiger partial charge in [0, 0.05) is 21.6 Å². The lowest BCUT2D eigenvalue weighted by molar-refractivity contribution is 0.0271. The van der Waals surface area contributed by atoms with Crippen LogP contribution in [0.2, 0.25) is 0 Å². The van der Waals surface area contributed by atoms with Gasteiger partial charge in [-0.1, -0.05) is 22.0 Å². The Labute approximate surface area is 180 Å². The third-order valence-electron chi connectivity index (χ3n) is 5.23. The number of anilines is 2. The Morgan fingerprint density at radius 3 is 2.80 bits per heavy atom. The van der Waals surface area contributed by atoms with E-state index in [2.05, 4.69) is 31.2 Å². The van der Waals surface area contributed by atoms with Crippen molar-refractivity contribution in [3.63, 3.8) is 0 Å². The van der Waals surface area contributed by atoms with Crippen molar-refractivity contribution in [2.24, 2.45) is 0 Å². The summed E-state index contributed by atoms with van der Waals surface area (Å²) in [6, 6.07) is 11.4. The Kier molecular flexibility index (Phi) is 5.18. The summed E-state index contributed by atoms with van der Waals surface area (Å²) in [4.78, 5) is 8.75. The second-order valence-corrected chi connectivity index (χ2v) is 8.06. The highest BCUT2D eigenvalue weighted by molar-refractivity contribution is 9.10. The standard InChI is InChI=1S/C21H19BrFN3O4/c1-27-16-6-13-15(24-10-25-21(13)26-12-4-2-3-11(22)5-12)7-17(16)30-18-9-29-19-14(23)8-28-20(18)19/h2-7,10,14,18-20H,8-9H2,1H3,(H,24,25,26)/t14-,18?,19+,20+/m1/s1. The van der Waals surface area contributed by atoms with Crippen LogP contribution < -0.4 is 14.8 Å². The number of aromatic nitrogens is 2. The molecule has 2 aliphatic heterocycles. The monoisotopic (exact) mass is 475 g/mol. The van der Waals surface area contributed by atoms with E-state index >= 15 is 0 Å². The van der Waals surface area contributed by atoms with E-state index < -0.39 is 24.5 Å². The van der Waals surface area contributed by atoms with Gasteiger partial charge in [0.2, 0.25) is 0 Å². The topological polar surface area (TPSA) is 74.7 Å². The van der Waals surface area contributed by atoms with E-state index in [9.17, 15) is 4.39 Å². The third kappa shape index (κ3) is 3.57. The first-order valence-electron chi connectivity index (χ1n) is 9.51. The maximum Gasteiger partial charge on any atom is 0.164 e. The predicted octanol–water partition coefficient (Wildman–Crippen LogP) is 4.03. The summed E-state index contributed by atoms with van der Waals surface area (Å²) in [5, 5.41) is 4.09. The molecule has 1 N–H and O–H groups in total. The first-order valence-corrected chi connectivity index (χ1v) is 10.3. The number of alkyl halides is 1. The Balaban J connectivity index is 1.46. The number of hydrogen-bond donors (Lipinski definition) is 1. The molecular weight excluding hydrogens is 457 g/mol. The maximum atomic E-state index is 13.8. The van der Waals surface area contributed by atoms with Gasteiger partial charge in [-0.15, -0.1) is 0 Å². The van der Waals surface area contributed by atoms with Gasteiger partial charge < -0.3 is 24.3 Å². The summed E-state index contributed by atoms with van der Waals surface area (Å²) < 4.78 is 37.5. The smallest absolute Gasteiger partial charge is 0.164 e. The number of nitrogens with zero attached hydrogens (tertiary/aromatic N) is 2. The highest BCUT2D eigenvalue weighted by atomic mass is 79.9. The molecule has 0 bridgehead atoms. The lowest BCUT2D eigenvalue weighted by atomic mass is 10.1. The van der Waals surface area contributed by atoms with E-state index in [1.807, 2.05) is 30.3 Å². The first-order chi connectivity index (χ1) is 14.6. The van der Waals surface area contributed by atoms with Gasteiger partial charge in [0.25, 0.3) is 0 Å². The lowest BCUT2D eigenvalue weighted by Crippen LogP contribution is -2.33. The number of benzene rings is 2. The highest BCUT2D eigenvalue weighted by Crippen LogP contribution is 2.38. The van der Waals surface area contributed by atoms with E-state index in [1.165, 1.54) is 6.33 Å². The van der Waals surface area contributed by atoms with Gasteiger partial charge in [0.15, 0.2) is 23.8 Å². The SMILES string of the molecule is COc1cc2c(Nc3cccc(Br)c3)ncnc2cc1OC1CO[C@H]2[C@H](F)CO[C@@H]12. The number of hydrogen-bond acceptors (Lipinski definition) is 7. The van der Waals surface area contributed by atoms with Crippen molar-refractivity contribution < 1.29 is 23.3 Å². The van der Waals surface area contributed by atoms with Gasteiger partial charge in [0.1, 0.15) is 24.4 Å². The Bertz CT molecular complexity index is 1090. The number of fused-ring (bicyclic) bond motifs is 2. The number of methoxy groups -OCH3 is 1. The number of ether oxygens (including phenoxy) is 4. The fourth-order valence-electron chi connectivity index (χ4n) is 3.80. The Morgan fingerprint density at radius 2 is 1.97 bits per heavy atom. The average molecular weight is 476 g/mol. The number of nitrogens with one attached hydrogen (secondary N) is 1. The minimum atomic E-state index is -1.12. The van der Waals surface area contributed by atoms with E-state index in [0.717, 1.165) is 15.5 Å². The summed E-state index contributed by atoms with van der Waals surface area (Å²) in [5.41, 5.74) is 1.57. The van der Waals surface area contributed by atoms with E-state index in [0.29, 0.717) is 22.8 Å². The van der Waals surface area contributed by atoms with E-state index in [-0.39, 0.29) is 13.2 Å². The lowest BCUT2D eigenvalue weighted by Gasteiger charge is -2.20. The molecular formula is C21H19BrFN3O4. The molecule has 0 aliphatic carbocycles. The minimum absolute atomic E-state index is 0.0297. The van der Waals surface area contributed by atoms with Crippen LogP contribution in [0.1, 0.15) is 0 Å². The normalized spacial score (nSPS) is 25.3. The molecule has 3 heterocycles. The molecule has 0 amide bonds. The second kappa shape index (κ2) is 7.98. The van der Waals surface area contributed by atoms with E-state index in [1.54, 1.807) is 13.2 Å². The van der Waals surface area contributed by atoms with Gasteiger partial charge in [-0.25, -0.2) is 14.4 Å². The largest absolute Gasteiger partial charge is 0.493 e. The minimum Gasteiger partial charge on any atom is -0.493 e. The molecule has 2 aliphatic rings. The van der Waals surface area contributed by atoms with Crippen LogP contribution >= 0.6 is 15.9 Å². The van der Waals surface area contributed by atoms with Crippen LogP contribution in [-0.2, 0) is 9.47 Å². The second-order valence-electron chi connectivity index (χ2n) is 7.15. The van der Waals surface area contributed by atoms with Crippen LogP contribution in [0.25, 0.3) is 10.9 Å². The molecule has 7 nitrogen and oxygen atoms in total. The van der Waals surface area contributed by atoms with Crippen molar-refractivity contribution in [3.05, 3.63) is 47.2 Å². The first kappa shape index (κ1) is 19.5. The summed E-state index contributed by atoms with van der Waals surface area (Å²) in [6.07, 6.45) is -1.06. The van der Waals surface area contributed by atoms with Gasteiger partial charge in [-0.2, -0.15) is 0 Å².